The third-order valence-electron chi connectivity index (χ3n) is 2.00. The van der Waals surface area contributed by atoms with Crippen LogP contribution in [0.5, 0.6) is 0 Å². The molecule has 2 N–H and O–H groups in total. The largest absolute Gasteiger partial charge is 0.480 e. The van der Waals surface area contributed by atoms with E-state index in [0.29, 0.717) is 26.3 Å². The lowest BCUT2D eigenvalue weighted by Crippen LogP contribution is -2.48. The minimum absolute atomic E-state index is 0.426. The van der Waals surface area contributed by atoms with E-state index in [9.17, 15) is 14.4 Å². The van der Waals surface area contributed by atoms with Crippen molar-refractivity contribution >= 4 is 17.9 Å². The van der Waals surface area contributed by atoms with Crippen LogP contribution in [0.3, 0.4) is 0 Å². The molecule has 0 radical (unpaired) electrons. The quantitative estimate of drug-likeness (QED) is 0.635. The van der Waals surface area contributed by atoms with Crippen LogP contribution < -0.4 is 5.32 Å². The van der Waals surface area contributed by atoms with Crippen molar-refractivity contribution in [3.63, 3.8) is 0 Å². The SMILES string of the molecule is O=C(O)COCC(=O)NC(=O)N1CCOCC1. The van der Waals surface area contributed by atoms with Gasteiger partial charge in [0.15, 0.2) is 0 Å². The highest BCUT2D eigenvalue weighted by molar-refractivity contribution is 5.95. The zero-order chi connectivity index (χ0) is 12.7. The Morgan fingerprint density at radius 3 is 2.47 bits per heavy atom. The van der Waals surface area contributed by atoms with Crippen LogP contribution in [-0.4, -0.2) is 67.4 Å². The molecule has 8 heteroatoms. The van der Waals surface area contributed by atoms with E-state index in [4.69, 9.17) is 9.84 Å². The molecule has 1 aliphatic heterocycles. The summed E-state index contributed by atoms with van der Waals surface area (Å²) >= 11 is 0. The molecule has 96 valence electrons. The summed E-state index contributed by atoms with van der Waals surface area (Å²) in [6.07, 6.45) is 0. The van der Waals surface area contributed by atoms with Crippen LogP contribution in [0.4, 0.5) is 4.79 Å². The van der Waals surface area contributed by atoms with Crippen molar-refractivity contribution in [1.82, 2.24) is 10.2 Å². The van der Waals surface area contributed by atoms with E-state index in [1.165, 1.54) is 4.90 Å². The smallest absolute Gasteiger partial charge is 0.329 e. The lowest BCUT2D eigenvalue weighted by atomic mass is 10.4. The molecule has 0 spiro atoms. The van der Waals surface area contributed by atoms with E-state index in [1.54, 1.807) is 0 Å². The normalized spacial score (nSPS) is 15.4. The Morgan fingerprint density at radius 2 is 1.88 bits per heavy atom. The number of hydrogen-bond donors (Lipinski definition) is 2. The number of carbonyl (C=O) groups excluding carboxylic acids is 2. The minimum Gasteiger partial charge on any atom is -0.480 e. The van der Waals surface area contributed by atoms with Crippen LogP contribution in [0.1, 0.15) is 0 Å². The zero-order valence-electron chi connectivity index (χ0n) is 9.18. The van der Waals surface area contributed by atoms with Gasteiger partial charge in [-0.25, -0.2) is 9.59 Å². The third-order valence-corrected chi connectivity index (χ3v) is 2.00. The summed E-state index contributed by atoms with van der Waals surface area (Å²) in [5.74, 6) is -1.83. The van der Waals surface area contributed by atoms with Gasteiger partial charge in [0, 0.05) is 13.1 Å². The highest BCUT2D eigenvalue weighted by Gasteiger charge is 2.18. The fourth-order valence-electron chi connectivity index (χ4n) is 1.23. The van der Waals surface area contributed by atoms with Gasteiger partial charge in [-0.05, 0) is 0 Å². The molecule has 8 nitrogen and oxygen atoms in total. The number of imide groups is 1. The van der Waals surface area contributed by atoms with E-state index in [-0.39, 0.29) is 0 Å². The number of ether oxygens (including phenoxy) is 2. The first-order chi connectivity index (χ1) is 8.09. The Labute approximate surface area is 97.5 Å². The van der Waals surface area contributed by atoms with Gasteiger partial charge in [0.2, 0.25) is 0 Å². The molecule has 17 heavy (non-hydrogen) atoms. The van der Waals surface area contributed by atoms with Gasteiger partial charge in [-0.15, -0.1) is 0 Å². The van der Waals surface area contributed by atoms with Crippen molar-refractivity contribution in [2.75, 3.05) is 39.5 Å². The van der Waals surface area contributed by atoms with E-state index >= 15 is 0 Å². The number of rotatable bonds is 4. The lowest BCUT2D eigenvalue weighted by Gasteiger charge is -2.26. The Kier molecular flexibility index (Phi) is 5.37. The molecular weight excluding hydrogens is 232 g/mol. The number of urea groups is 1. The maximum atomic E-state index is 11.5. The first-order valence-electron chi connectivity index (χ1n) is 5.05. The van der Waals surface area contributed by atoms with Crippen LogP contribution in [0.15, 0.2) is 0 Å². The third kappa shape index (κ3) is 5.27. The maximum Gasteiger partial charge on any atom is 0.329 e. The lowest BCUT2D eigenvalue weighted by molar-refractivity contribution is -0.143. The first-order valence-corrected chi connectivity index (χ1v) is 5.05. The molecule has 0 bridgehead atoms. The number of hydrogen-bond acceptors (Lipinski definition) is 5. The van der Waals surface area contributed by atoms with Crippen LogP contribution in [0.2, 0.25) is 0 Å². The number of carboxylic acids is 1. The summed E-state index contributed by atoms with van der Waals surface area (Å²) in [7, 11) is 0. The molecule has 1 aliphatic rings. The molecule has 1 saturated heterocycles. The average Bonchev–Trinajstić information content (AvgIpc) is 2.29. The molecule has 1 rings (SSSR count). The monoisotopic (exact) mass is 246 g/mol. The Bertz CT molecular complexity index is 300. The molecule has 1 heterocycles. The molecule has 0 atom stereocenters. The molecule has 0 unspecified atom stereocenters. The van der Waals surface area contributed by atoms with Gasteiger partial charge in [-0.1, -0.05) is 0 Å². The maximum absolute atomic E-state index is 11.5. The molecular formula is C9H14N2O6. The number of aliphatic carboxylic acids is 1. The summed E-state index contributed by atoms with van der Waals surface area (Å²) in [4.78, 5) is 34.2. The van der Waals surface area contributed by atoms with Crippen molar-refractivity contribution in [1.29, 1.82) is 0 Å². The molecule has 0 aromatic heterocycles. The summed E-state index contributed by atoms with van der Waals surface area (Å²) in [5, 5.41) is 10.4. The number of carboxylic acid groups (broad SMARTS) is 1. The molecule has 0 saturated carbocycles. The highest BCUT2D eigenvalue weighted by Crippen LogP contribution is 1.96. The van der Waals surface area contributed by atoms with Gasteiger partial charge < -0.3 is 19.5 Å². The molecule has 1 fully saturated rings. The summed E-state index contributed by atoms with van der Waals surface area (Å²) in [6, 6.07) is -0.516. The highest BCUT2D eigenvalue weighted by atomic mass is 16.5. The van der Waals surface area contributed by atoms with Gasteiger partial charge in [0.05, 0.1) is 13.2 Å². The van der Waals surface area contributed by atoms with Gasteiger partial charge in [-0.2, -0.15) is 0 Å². The van der Waals surface area contributed by atoms with E-state index in [1.807, 2.05) is 0 Å². The second-order valence-corrected chi connectivity index (χ2v) is 3.34. The second kappa shape index (κ2) is 6.81. The topological polar surface area (TPSA) is 105 Å². The van der Waals surface area contributed by atoms with Crippen molar-refractivity contribution in [2.24, 2.45) is 0 Å². The van der Waals surface area contributed by atoms with Crippen molar-refractivity contribution in [3.8, 4) is 0 Å². The fourth-order valence-corrected chi connectivity index (χ4v) is 1.23. The van der Waals surface area contributed by atoms with Gasteiger partial charge in [0.1, 0.15) is 13.2 Å². The van der Waals surface area contributed by atoms with Gasteiger partial charge in [-0.3, -0.25) is 10.1 Å². The zero-order valence-corrected chi connectivity index (χ0v) is 9.18. The predicted octanol–water partition coefficient (Wildman–Crippen LogP) is -1.34. The number of nitrogens with one attached hydrogen (secondary N) is 1. The summed E-state index contributed by atoms with van der Waals surface area (Å²) in [5.41, 5.74) is 0. The number of nitrogens with zero attached hydrogens (tertiary/aromatic N) is 1. The summed E-state index contributed by atoms with van der Waals surface area (Å²) < 4.78 is 9.59. The van der Waals surface area contributed by atoms with Crippen molar-refractivity contribution < 1.29 is 29.0 Å². The van der Waals surface area contributed by atoms with Crippen LogP contribution in [0.25, 0.3) is 0 Å². The van der Waals surface area contributed by atoms with Crippen LogP contribution >= 0.6 is 0 Å². The molecule has 0 aromatic carbocycles. The fraction of sp³-hybridized carbons (Fsp3) is 0.667. The number of morpholine rings is 1. The van der Waals surface area contributed by atoms with E-state index in [2.05, 4.69) is 10.1 Å². The summed E-state index contributed by atoms with van der Waals surface area (Å²) in [6.45, 7) is 0.708. The average molecular weight is 246 g/mol. The Balaban J connectivity index is 2.20. The molecule has 0 aliphatic carbocycles. The van der Waals surface area contributed by atoms with Crippen LogP contribution in [-0.2, 0) is 19.1 Å². The van der Waals surface area contributed by atoms with Gasteiger partial charge >= 0.3 is 12.0 Å². The molecule has 0 aromatic rings. The van der Waals surface area contributed by atoms with Crippen molar-refractivity contribution in [2.45, 2.75) is 0 Å². The standard InChI is InChI=1S/C9H14N2O6/c12-7(5-17-6-8(13)14)10-9(15)11-1-3-16-4-2-11/h1-6H2,(H,13,14)(H,10,12,15). The van der Waals surface area contributed by atoms with Crippen LogP contribution in [0, 0.1) is 0 Å². The van der Waals surface area contributed by atoms with E-state index in [0.717, 1.165) is 0 Å². The Morgan fingerprint density at radius 1 is 1.24 bits per heavy atom. The van der Waals surface area contributed by atoms with Gasteiger partial charge in [0.25, 0.3) is 5.91 Å². The van der Waals surface area contributed by atoms with Crippen molar-refractivity contribution in [3.05, 3.63) is 0 Å². The first kappa shape index (κ1) is 13.4. The Hall–Kier alpha value is -1.67. The minimum atomic E-state index is -1.17. The second-order valence-electron chi connectivity index (χ2n) is 3.34. The molecule has 3 amide bonds. The predicted molar refractivity (Wildman–Crippen MR) is 54.4 cm³/mol. The van der Waals surface area contributed by atoms with E-state index < -0.39 is 31.1 Å². The number of carbonyl (C=O) groups is 3. The number of amides is 3.